The monoisotopic (exact) mass is 373 g/mol. The zero-order chi connectivity index (χ0) is 18.2. The lowest BCUT2D eigenvalue weighted by Crippen LogP contribution is -2.26. The van der Waals surface area contributed by atoms with Crippen molar-refractivity contribution in [3.05, 3.63) is 82.6 Å². The van der Waals surface area contributed by atoms with Crippen LogP contribution in [0.4, 0.5) is 0 Å². The van der Waals surface area contributed by atoms with Crippen molar-refractivity contribution in [1.82, 2.24) is 20.0 Å². The fourth-order valence-electron chi connectivity index (χ4n) is 3.33. The van der Waals surface area contributed by atoms with Gasteiger partial charge in [0.15, 0.2) is 0 Å². The van der Waals surface area contributed by atoms with Gasteiger partial charge in [0.1, 0.15) is 0 Å². The van der Waals surface area contributed by atoms with E-state index in [1.807, 2.05) is 54.0 Å². The van der Waals surface area contributed by atoms with E-state index < -0.39 is 0 Å². The topological polar surface area (TPSA) is 74.2 Å². The van der Waals surface area contributed by atoms with E-state index in [2.05, 4.69) is 20.1 Å². The van der Waals surface area contributed by atoms with Crippen molar-refractivity contribution in [2.45, 2.75) is 12.5 Å². The molecule has 1 aromatic carbocycles. The summed E-state index contributed by atoms with van der Waals surface area (Å²) in [6.07, 6.45) is 5.86. The van der Waals surface area contributed by atoms with Gasteiger partial charge < -0.3 is 4.98 Å². The fourth-order valence-corrected chi connectivity index (χ4v) is 3.99. The summed E-state index contributed by atoms with van der Waals surface area (Å²) < 4.78 is 0. The van der Waals surface area contributed by atoms with Crippen molar-refractivity contribution in [1.29, 1.82) is 0 Å². The zero-order valence-corrected chi connectivity index (χ0v) is 15.1. The fraction of sp³-hybridized carbons (Fsp3) is 0.100. The third kappa shape index (κ3) is 2.82. The van der Waals surface area contributed by atoms with Crippen molar-refractivity contribution >= 4 is 34.0 Å². The molecule has 0 spiro atoms. The molecule has 0 unspecified atom stereocenters. The summed E-state index contributed by atoms with van der Waals surface area (Å²) in [7, 11) is 0. The van der Waals surface area contributed by atoms with Crippen LogP contribution in [-0.2, 0) is 0 Å². The average Bonchev–Trinajstić information content (AvgIpc) is 3.48. The minimum atomic E-state index is -0.177. The first-order valence-electron chi connectivity index (χ1n) is 8.58. The third-order valence-electron chi connectivity index (χ3n) is 4.64. The summed E-state index contributed by atoms with van der Waals surface area (Å²) in [5, 5.41) is 8.16. The zero-order valence-electron chi connectivity index (χ0n) is 14.2. The molecule has 5 rings (SSSR count). The van der Waals surface area contributed by atoms with Crippen LogP contribution in [0.25, 0.3) is 11.0 Å². The number of benzene rings is 1. The molecule has 1 aliphatic rings. The Labute approximate surface area is 159 Å². The van der Waals surface area contributed by atoms with Gasteiger partial charge in [0.2, 0.25) is 0 Å². The molecule has 1 aliphatic heterocycles. The number of nitrogens with one attached hydrogen (secondary N) is 1. The second-order valence-corrected chi connectivity index (χ2v) is 7.23. The normalized spacial score (nSPS) is 16.7. The molecule has 1 N–H and O–H groups in total. The van der Waals surface area contributed by atoms with Gasteiger partial charge in [0, 0.05) is 25.0 Å². The Morgan fingerprint density at radius 2 is 2.00 bits per heavy atom. The van der Waals surface area contributed by atoms with Gasteiger partial charge in [-0.25, -0.2) is 5.01 Å². The largest absolute Gasteiger partial charge is 0.360 e. The molecule has 0 bridgehead atoms. The molecule has 0 aliphatic carbocycles. The second kappa shape index (κ2) is 6.44. The van der Waals surface area contributed by atoms with Crippen LogP contribution in [0.2, 0.25) is 0 Å². The van der Waals surface area contributed by atoms with Gasteiger partial charge in [-0.1, -0.05) is 12.1 Å². The van der Waals surface area contributed by atoms with Crippen LogP contribution in [0.15, 0.2) is 71.5 Å². The Balaban J connectivity index is 1.57. The molecule has 27 heavy (non-hydrogen) atoms. The molecule has 7 heteroatoms. The van der Waals surface area contributed by atoms with E-state index in [9.17, 15) is 4.79 Å². The van der Waals surface area contributed by atoms with Crippen molar-refractivity contribution in [3.8, 4) is 0 Å². The van der Waals surface area contributed by atoms with Gasteiger partial charge in [-0.2, -0.15) is 5.10 Å². The quantitative estimate of drug-likeness (QED) is 0.590. The van der Waals surface area contributed by atoms with E-state index in [0.29, 0.717) is 11.3 Å². The number of amides is 1. The van der Waals surface area contributed by atoms with Gasteiger partial charge >= 0.3 is 0 Å². The SMILES string of the molecule is O=C(c1cccs1)N1N=C(c2ccc[nH]2)C[C@@H]1c1ccc2nccnc2c1. The molecule has 6 nitrogen and oxygen atoms in total. The summed E-state index contributed by atoms with van der Waals surface area (Å²) in [5.41, 5.74) is 4.45. The maximum Gasteiger partial charge on any atom is 0.284 e. The van der Waals surface area contributed by atoms with Crippen LogP contribution in [0.5, 0.6) is 0 Å². The van der Waals surface area contributed by atoms with E-state index in [-0.39, 0.29) is 11.9 Å². The second-order valence-electron chi connectivity index (χ2n) is 6.28. The molecule has 132 valence electrons. The molecule has 0 radical (unpaired) electrons. The highest BCUT2D eigenvalue weighted by Crippen LogP contribution is 2.35. The number of hydrogen-bond donors (Lipinski definition) is 1. The van der Waals surface area contributed by atoms with E-state index in [1.54, 1.807) is 17.4 Å². The van der Waals surface area contributed by atoms with Crippen molar-refractivity contribution in [2.24, 2.45) is 5.10 Å². The Kier molecular flexibility index (Phi) is 3.79. The Bertz CT molecular complexity index is 1130. The summed E-state index contributed by atoms with van der Waals surface area (Å²) in [4.78, 5) is 25.6. The molecule has 0 fully saturated rings. The van der Waals surface area contributed by atoms with Crippen molar-refractivity contribution in [3.63, 3.8) is 0 Å². The number of rotatable bonds is 3. The highest BCUT2D eigenvalue weighted by molar-refractivity contribution is 7.12. The number of hydrazone groups is 1. The van der Waals surface area contributed by atoms with Crippen LogP contribution < -0.4 is 0 Å². The lowest BCUT2D eigenvalue weighted by Gasteiger charge is -2.21. The Hall–Kier alpha value is -3.32. The number of thiophene rings is 1. The molecule has 4 heterocycles. The van der Waals surface area contributed by atoms with Crippen LogP contribution >= 0.6 is 11.3 Å². The molecule has 1 atom stereocenters. The highest BCUT2D eigenvalue weighted by atomic mass is 32.1. The number of carbonyl (C=O) groups excluding carboxylic acids is 1. The minimum Gasteiger partial charge on any atom is -0.360 e. The number of aromatic nitrogens is 3. The molecule has 0 saturated heterocycles. The Morgan fingerprint density at radius 1 is 1.11 bits per heavy atom. The standard InChI is InChI=1S/C20H15N5OS/c26-20(19-4-2-10-27-19)25-18(12-17(24-25)14-3-1-7-21-14)13-5-6-15-16(11-13)23-9-8-22-15/h1-11,18,21H,12H2/t18-/m1/s1. The van der Waals surface area contributed by atoms with Crippen molar-refractivity contribution in [2.75, 3.05) is 0 Å². The number of H-pyrrole nitrogens is 1. The third-order valence-corrected chi connectivity index (χ3v) is 5.50. The summed E-state index contributed by atoms with van der Waals surface area (Å²) in [6.45, 7) is 0. The molecule has 3 aromatic heterocycles. The average molecular weight is 373 g/mol. The predicted octanol–water partition coefficient (Wildman–Crippen LogP) is 4.01. The predicted molar refractivity (Wildman–Crippen MR) is 105 cm³/mol. The van der Waals surface area contributed by atoms with Gasteiger partial charge in [-0.3, -0.25) is 14.8 Å². The first kappa shape index (κ1) is 15.9. The van der Waals surface area contributed by atoms with Crippen LogP contribution in [-0.4, -0.2) is 31.6 Å². The van der Waals surface area contributed by atoms with Gasteiger partial charge in [-0.05, 0) is 41.3 Å². The highest BCUT2D eigenvalue weighted by Gasteiger charge is 2.34. The van der Waals surface area contributed by atoms with E-state index in [4.69, 9.17) is 0 Å². The van der Waals surface area contributed by atoms with Crippen LogP contribution in [0.1, 0.15) is 33.4 Å². The summed E-state index contributed by atoms with van der Waals surface area (Å²) >= 11 is 1.43. The van der Waals surface area contributed by atoms with Gasteiger partial charge in [-0.15, -0.1) is 11.3 Å². The van der Waals surface area contributed by atoms with Gasteiger partial charge in [0.05, 0.1) is 33.4 Å². The summed E-state index contributed by atoms with van der Waals surface area (Å²) in [5.74, 6) is -0.0872. The Morgan fingerprint density at radius 3 is 2.78 bits per heavy atom. The van der Waals surface area contributed by atoms with Crippen LogP contribution in [0, 0.1) is 0 Å². The number of hydrogen-bond acceptors (Lipinski definition) is 5. The van der Waals surface area contributed by atoms with E-state index in [0.717, 1.165) is 28.0 Å². The lowest BCUT2D eigenvalue weighted by molar-refractivity contribution is 0.0716. The van der Waals surface area contributed by atoms with Gasteiger partial charge in [0.25, 0.3) is 5.91 Å². The first-order chi connectivity index (χ1) is 13.3. The number of fused-ring (bicyclic) bond motifs is 1. The number of aromatic amines is 1. The minimum absolute atomic E-state index is 0.0872. The lowest BCUT2D eigenvalue weighted by atomic mass is 10.00. The van der Waals surface area contributed by atoms with E-state index >= 15 is 0 Å². The summed E-state index contributed by atoms with van der Waals surface area (Å²) in [6, 6.07) is 13.4. The smallest absolute Gasteiger partial charge is 0.284 e. The molecule has 1 amide bonds. The number of nitrogens with zero attached hydrogens (tertiary/aromatic N) is 4. The van der Waals surface area contributed by atoms with Crippen molar-refractivity contribution < 1.29 is 4.79 Å². The maximum absolute atomic E-state index is 13.1. The maximum atomic E-state index is 13.1. The van der Waals surface area contributed by atoms with Crippen LogP contribution in [0.3, 0.4) is 0 Å². The molecule has 4 aromatic rings. The molecule has 0 saturated carbocycles. The number of carbonyl (C=O) groups is 1. The first-order valence-corrected chi connectivity index (χ1v) is 9.46. The van der Waals surface area contributed by atoms with E-state index in [1.165, 1.54) is 11.3 Å². The molecular formula is C20H15N5OS. The molecular weight excluding hydrogens is 358 g/mol.